The average Bonchev–Trinajstić information content (AvgIpc) is 2.97. The number of likely N-dealkylation sites (N-methyl/N-ethyl adjacent to an activating group) is 1. The largest absolute Gasteiger partial charge is 0.376 e. The van der Waals surface area contributed by atoms with Gasteiger partial charge in [-0.05, 0) is 38.3 Å². The minimum atomic E-state index is 0.0607. The Hall–Kier alpha value is -1.55. The molecule has 1 aromatic rings. The van der Waals surface area contributed by atoms with Gasteiger partial charge in [-0.3, -0.25) is 4.79 Å². The summed E-state index contributed by atoms with van der Waals surface area (Å²) in [6.07, 6.45) is 2.35. The van der Waals surface area contributed by atoms with Gasteiger partial charge < -0.3 is 15.0 Å². The van der Waals surface area contributed by atoms with Crippen molar-refractivity contribution in [2.45, 2.75) is 32.8 Å². The monoisotopic (exact) mass is 276 g/mol. The molecule has 2 rings (SSSR count). The molecular formula is C16H24N2O2. The van der Waals surface area contributed by atoms with Gasteiger partial charge in [0.1, 0.15) is 0 Å². The zero-order valence-corrected chi connectivity index (χ0v) is 12.4. The molecule has 1 aliphatic heterocycles. The van der Waals surface area contributed by atoms with Crippen LogP contribution in [-0.2, 0) is 9.53 Å². The van der Waals surface area contributed by atoms with Gasteiger partial charge in [0.15, 0.2) is 0 Å². The predicted molar refractivity (Wildman–Crippen MR) is 81.0 cm³/mol. The lowest BCUT2D eigenvalue weighted by Crippen LogP contribution is -2.40. The van der Waals surface area contributed by atoms with Gasteiger partial charge in [0, 0.05) is 25.4 Å². The number of hydrogen-bond acceptors (Lipinski definition) is 3. The van der Waals surface area contributed by atoms with Crippen molar-refractivity contribution in [2.24, 2.45) is 0 Å². The van der Waals surface area contributed by atoms with E-state index in [4.69, 9.17) is 4.74 Å². The maximum atomic E-state index is 12.0. The summed E-state index contributed by atoms with van der Waals surface area (Å²) in [4.78, 5) is 14.1. The Morgan fingerprint density at radius 2 is 2.25 bits per heavy atom. The first-order valence-electron chi connectivity index (χ1n) is 7.39. The Morgan fingerprint density at radius 1 is 1.45 bits per heavy atom. The maximum absolute atomic E-state index is 12.0. The second-order valence-electron chi connectivity index (χ2n) is 5.24. The molecule has 0 aliphatic carbocycles. The lowest BCUT2D eigenvalue weighted by molar-refractivity contribution is -0.120. The average molecular weight is 276 g/mol. The molecule has 0 radical (unpaired) electrons. The number of nitrogens with one attached hydrogen (secondary N) is 1. The van der Waals surface area contributed by atoms with Crippen molar-refractivity contribution in [2.75, 3.05) is 31.1 Å². The highest BCUT2D eigenvalue weighted by molar-refractivity contribution is 5.81. The van der Waals surface area contributed by atoms with E-state index in [0.717, 1.165) is 31.7 Å². The molecule has 1 aliphatic rings. The third kappa shape index (κ3) is 3.97. The summed E-state index contributed by atoms with van der Waals surface area (Å²) >= 11 is 0. The van der Waals surface area contributed by atoms with Crippen molar-refractivity contribution in [1.29, 1.82) is 0 Å². The zero-order valence-electron chi connectivity index (χ0n) is 12.4. The molecule has 0 aromatic heterocycles. The number of carbonyl (C=O) groups excluding carboxylic acids is 1. The Labute approximate surface area is 121 Å². The van der Waals surface area contributed by atoms with Crippen LogP contribution in [0.15, 0.2) is 24.3 Å². The molecule has 1 heterocycles. The van der Waals surface area contributed by atoms with Gasteiger partial charge in [-0.2, -0.15) is 0 Å². The second kappa shape index (κ2) is 7.29. The van der Waals surface area contributed by atoms with Crippen molar-refractivity contribution in [3.63, 3.8) is 0 Å². The van der Waals surface area contributed by atoms with E-state index in [1.54, 1.807) is 0 Å². The lowest BCUT2D eigenvalue weighted by Gasteiger charge is -2.24. The molecule has 1 fully saturated rings. The lowest BCUT2D eigenvalue weighted by atomic mass is 10.2. The highest BCUT2D eigenvalue weighted by Crippen LogP contribution is 2.18. The number of hydrogen-bond donors (Lipinski definition) is 1. The van der Waals surface area contributed by atoms with E-state index >= 15 is 0 Å². The quantitative estimate of drug-likeness (QED) is 0.865. The summed E-state index contributed by atoms with van der Waals surface area (Å²) in [5, 5.41) is 2.97. The van der Waals surface area contributed by atoms with Gasteiger partial charge >= 0.3 is 0 Å². The van der Waals surface area contributed by atoms with Crippen LogP contribution in [0.3, 0.4) is 0 Å². The van der Waals surface area contributed by atoms with Crippen LogP contribution in [0.4, 0.5) is 5.69 Å². The fourth-order valence-electron chi connectivity index (χ4n) is 2.55. The number of nitrogens with zero attached hydrogens (tertiary/aromatic N) is 1. The molecule has 1 unspecified atom stereocenters. The molecule has 110 valence electrons. The summed E-state index contributed by atoms with van der Waals surface area (Å²) < 4.78 is 5.51. The molecule has 0 saturated carbocycles. The third-order valence-electron chi connectivity index (χ3n) is 3.72. The van der Waals surface area contributed by atoms with Crippen molar-refractivity contribution in [1.82, 2.24) is 5.32 Å². The standard InChI is InChI=1S/C16H24N2O2/c1-3-18(15-9-5-4-7-13(15)2)12-16(19)17-11-14-8-6-10-20-14/h4-5,7,9,14H,3,6,8,10-12H2,1-2H3,(H,17,19). The summed E-state index contributed by atoms with van der Waals surface area (Å²) in [6, 6.07) is 8.16. The third-order valence-corrected chi connectivity index (χ3v) is 3.72. The van der Waals surface area contributed by atoms with Crippen LogP contribution < -0.4 is 10.2 Å². The molecule has 1 amide bonds. The first kappa shape index (κ1) is 14.9. The van der Waals surface area contributed by atoms with Crippen molar-refractivity contribution in [3.8, 4) is 0 Å². The minimum Gasteiger partial charge on any atom is -0.376 e. The summed E-state index contributed by atoms with van der Waals surface area (Å²) in [5.74, 6) is 0.0607. The van der Waals surface area contributed by atoms with Gasteiger partial charge in [-0.15, -0.1) is 0 Å². The SMILES string of the molecule is CCN(CC(=O)NCC1CCCO1)c1ccccc1C. The molecule has 20 heavy (non-hydrogen) atoms. The van der Waals surface area contributed by atoms with Crippen LogP contribution in [0.1, 0.15) is 25.3 Å². The van der Waals surface area contributed by atoms with E-state index in [9.17, 15) is 4.79 Å². The molecule has 0 bridgehead atoms. The number of para-hydroxylation sites is 1. The van der Waals surface area contributed by atoms with E-state index in [1.807, 2.05) is 12.1 Å². The number of benzene rings is 1. The van der Waals surface area contributed by atoms with Crippen LogP contribution in [0.25, 0.3) is 0 Å². The summed E-state index contributed by atoms with van der Waals surface area (Å²) in [7, 11) is 0. The first-order valence-corrected chi connectivity index (χ1v) is 7.39. The minimum absolute atomic E-state index is 0.0607. The van der Waals surface area contributed by atoms with Crippen LogP contribution >= 0.6 is 0 Å². The van der Waals surface area contributed by atoms with Crippen molar-refractivity contribution >= 4 is 11.6 Å². The molecule has 4 heteroatoms. The van der Waals surface area contributed by atoms with Crippen LogP contribution in [0.5, 0.6) is 0 Å². The molecule has 1 aromatic carbocycles. The van der Waals surface area contributed by atoms with Gasteiger partial charge in [0.2, 0.25) is 5.91 Å². The Balaban J connectivity index is 1.86. The summed E-state index contributed by atoms with van der Waals surface area (Å²) in [6.45, 7) is 6.81. The van der Waals surface area contributed by atoms with Gasteiger partial charge in [0.05, 0.1) is 12.6 Å². The fourth-order valence-corrected chi connectivity index (χ4v) is 2.55. The number of aryl methyl sites for hydroxylation is 1. The maximum Gasteiger partial charge on any atom is 0.239 e. The van der Waals surface area contributed by atoms with E-state index in [1.165, 1.54) is 5.56 Å². The van der Waals surface area contributed by atoms with Crippen LogP contribution in [0.2, 0.25) is 0 Å². The summed E-state index contributed by atoms with van der Waals surface area (Å²) in [5.41, 5.74) is 2.32. The smallest absolute Gasteiger partial charge is 0.239 e. The van der Waals surface area contributed by atoms with Gasteiger partial charge in [0.25, 0.3) is 0 Å². The number of ether oxygens (including phenoxy) is 1. The molecule has 1 N–H and O–H groups in total. The first-order chi connectivity index (χ1) is 9.70. The molecular weight excluding hydrogens is 252 g/mol. The Kier molecular flexibility index (Phi) is 5.41. The zero-order chi connectivity index (χ0) is 14.4. The van der Waals surface area contributed by atoms with Crippen LogP contribution in [0, 0.1) is 6.92 Å². The van der Waals surface area contributed by atoms with Crippen LogP contribution in [-0.4, -0.2) is 38.3 Å². The molecule has 1 saturated heterocycles. The van der Waals surface area contributed by atoms with E-state index in [2.05, 4.69) is 36.2 Å². The van der Waals surface area contributed by atoms with Gasteiger partial charge in [-0.25, -0.2) is 0 Å². The van der Waals surface area contributed by atoms with E-state index in [-0.39, 0.29) is 12.0 Å². The van der Waals surface area contributed by atoms with Crippen molar-refractivity contribution < 1.29 is 9.53 Å². The second-order valence-corrected chi connectivity index (χ2v) is 5.24. The fraction of sp³-hybridized carbons (Fsp3) is 0.562. The van der Waals surface area contributed by atoms with E-state index < -0.39 is 0 Å². The molecule has 4 nitrogen and oxygen atoms in total. The number of rotatable bonds is 6. The molecule has 1 atom stereocenters. The number of carbonyl (C=O) groups is 1. The molecule has 0 spiro atoms. The highest BCUT2D eigenvalue weighted by atomic mass is 16.5. The highest BCUT2D eigenvalue weighted by Gasteiger charge is 2.17. The predicted octanol–water partition coefficient (Wildman–Crippen LogP) is 2.12. The van der Waals surface area contributed by atoms with Gasteiger partial charge in [-0.1, -0.05) is 18.2 Å². The number of amides is 1. The van der Waals surface area contributed by atoms with Crippen molar-refractivity contribution in [3.05, 3.63) is 29.8 Å². The number of anilines is 1. The Morgan fingerprint density at radius 3 is 2.90 bits per heavy atom. The Bertz CT molecular complexity index is 442. The normalized spacial score (nSPS) is 18.0. The van der Waals surface area contributed by atoms with E-state index in [0.29, 0.717) is 13.1 Å². The topological polar surface area (TPSA) is 41.6 Å².